The molecular weight excluding hydrogens is 768 g/mol. The highest BCUT2D eigenvalue weighted by molar-refractivity contribution is 7.99. The number of alkyl carbamates (subject to hydrolysis) is 1. The van der Waals surface area contributed by atoms with Gasteiger partial charge in [0.1, 0.15) is 35.1 Å². The van der Waals surface area contributed by atoms with Crippen LogP contribution in [-0.4, -0.2) is 98.4 Å². The molecule has 0 spiro atoms. The Labute approximate surface area is 342 Å². The third-order valence-electron chi connectivity index (χ3n) is 10.9. The molecule has 0 bridgehead atoms. The van der Waals surface area contributed by atoms with E-state index in [-0.39, 0.29) is 47.6 Å². The lowest BCUT2D eigenvalue weighted by Crippen LogP contribution is -2.51. The van der Waals surface area contributed by atoms with Crippen LogP contribution in [0.4, 0.5) is 4.79 Å². The molecule has 57 heavy (non-hydrogen) atoms. The van der Waals surface area contributed by atoms with Crippen LogP contribution < -0.4 is 5.32 Å². The summed E-state index contributed by atoms with van der Waals surface area (Å²) >= 11 is 8.44. The van der Waals surface area contributed by atoms with Gasteiger partial charge in [-0.3, -0.25) is 15.0 Å². The van der Waals surface area contributed by atoms with Crippen LogP contribution in [0.25, 0.3) is 33.6 Å². The molecule has 2 fully saturated rings. The van der Waals surface area contributed by atoms with Crippen LogP contribution in [0.2, 0.25) is 5.15 Å². The minimum Gasteiger partial charge on any atom is -0.453 e. The van der Waals surface area contributed by atoms with Crippen molar-refractivity contribution < 1.29 is 28.9 Å². The van der Waals surface area contributed by atoms with Gasteiger partial charge in [-0.15, -0.1) is 0 Å². The highest BCUT2D eigenvalue weighted by Gasteiger charge is 2.41. The van der Waals surface area contributed by atoms with E-state index in [1.807, 2.05) is 80.1 Å². The average molecular weight is 819 g/mol. The summed E-state index contributed by atoms with van der Waals surface area (Å²) in [4.78, 5) is 69.1. The summed E-state index contributed by atoms with van der Waals surface area (Å²) in [5, 5.41) is 10.4. The molecule has 6 rings (SSSR count). The molecule has 14 nitrogen and oxygen atoms in total. The molecule has 2 aliphatic heterocycles. The van der Waals surface area contributed by atoms with Crippen molar-refractivity contribution in [1.29, 1.82) is 5.41 Å². The number of hydrogen-bond donors (Lipinski definition) is 4. The van der Waals surface area contributed by atoms with Crippen LogP contribution in [0.1, 0.15) is 70.7 Å². The molecule has 4 aromatic rings. The summed E-state index contributed by atoms with van der Waals surface area (Å²) in [7, 11) is 1.29. The Morgan fingerprint density at radius 1 is 0.947 bits per heavy atom. The molecule has 4 heterocycles. The summed E-state index contributed by atoms with van der Waals surface area (Å²) in [6, 6.07) is 15.0. The van der Waals surface area contributed by atoms with E-state index in [2.05, 4.69) is 32.3 Å². The lowest BCUT2D eigenvalue weighted by molar-refractivity contribution is -0.229. The Morgan fingerprint density at radius 2 is 1.61 bits per heavy atom. The third-order valence-corrected chi connectivity index (χ3v) is 12.2. The fourth-order valence-corrected chi connectivity index (χ4v) is 8.54. The minimum absolute atomic E-state index is 0.0134. The Balaban J connectivity index is 1.14. The monoisotopic (exact) mass is 818 g/mol. The second-order valence-electron chi connectivity index (χ2n) is 15.1. The molecule has 2 saturated heterocycles. The first-order valence-corrected chi connectivity index (χ1v) is 20.9. The van der Waals surface area contributed by atoms with Crippen molar-refractivity contribution in [2.75, 3.05) is 33.1 Å². The third kappa shape index (κ3) is 9.31. The molecule has 0 radical (unpaired) electrons. The van der Waals surface area contributed by atoms with Crippen molar-refractivity contribution in [3.8, 4) is 33.6 Å². The van der Waals surface area contributed by atoms with E-state index in [0.29, 0.717) is 42.0 Å². The van der Waals surface area contributed by atoms with Gasteiger partial charge in [-0.1, -0.05) is 87.8 Å². The lowest BCUT2D eigenvalue weighted by Gasteiger charge is -2.30. The number of benzene rings is 2. The van der Waals surface area contributed by atoms with Crippen LogP contribution in [-0.2, 0) is 24.1 Å². The van der Waals surface area contributed by atoms with Gasteiger partial charge in [0.2, 0.25) is 18.2 Å². The zero-order valence-electron chi connectivity index (χ0n) is 33.1. The van der Waals surface area contributed by atoms with Crippen LogP contribution in [0.5, 0.6) is 0 Å². The molecule has 16 heteroatoms. The van der Waals surface area contributed by atoms with Crippen LogP contribution >= 0.6 is 23.4 Å². The van der Waals surface area contributed by atoms with Crippen molar-refractivity contribution in [2.45, 2.75) is 70.3 Å². The number of H-pyrrole nitrogens is 2. The second-order valence-corrected chi connectivity index (χ2v) is 16.6. The Bertz CT molecular complexity index is 2020. The van der Waals surface area contributed by atoms with E-state index in [1.54, 1.807) is 18.0 Å². The van der Waals surface area contributed by atoms with E-state index in [9.17, 15) is 14.4 Å². The van der Waals surface area contributed by atoms with E-state index in [1.165, 1.54) is 7.11 Å². The molecule has 5 atom stereocenters. The van der Waals surface area contributed by atoms with Gasteiger partial charge in [-0.05, 0) is 54.0 Å². The van der Waals surface area contributed by atoms with E-state index in [0.717, 1.165) is 47.2 Å². The van der Waals surface area contributed by atoms with Gasteiger partial charge in [0.15, 0.2) is 0 Å². The minimum atomic E-state index is -0.713. The highest BCUT2D eigenvalue weighted by atomic mass is 35.5. The predicted molar refractivity (Wildman–Crippen MR) is 220 cm³/mol. The maximum Gasteiger partial charge on any atom is 0.407 e. The number of imidazole rings is 2. The Kier molecular flexibility index (Phi) is 13.6. The zero-order valence-corrected chi connectivity index (χ0v) is 34.7. The highest BCUT2D eigenvalue weighted by Crippen LogP contribution is 2.39. The van der Waals surface area contributed by atoms with Gasteiger partial charge in [0.25, 0.3) is 0 Å². The number of carbonyl (C=O) groups is 3. The molecule has 2 aliphatic rings. The van der Waals surface area contributed by atoms with Crippen LogP contribution in [0.3, 0.4) is 0 Å². The van der Waals surface area contributed by atoms with E-state index >= 15 is 0 Å². The summed E-state index contributed by atoms with van der Waals surface area (Å²) in [6.07, 6.45) is 6.27. The van der Waals surface area contributed by atoms with Gasteiger partial charge in [-0.25, -0.2) is 14.8 Å². The van der Waals surface area contributed by atoms with Crippen molar-refractivity contribution in [3.05, 3.63) is 71.5 Å². The molecule has 2 aromatic heterocycles. The number of ether oxygens (including phenoxy) is 1. The van der Waals surface area contributed by atoms with Gasteiger partial charge in [0, 0.05) is 23.9 Å². The zero-order chi connectivity index (χ0) is 40.8. The first-order valence-electron chi connectivity index (χ1n) is 19.2. The van der Waals surface area contributed by atoms with Crippen molar-refractivity contribution in [2.24, 2.45) is 17.8 Å². The number of rotatable bonds is 15. The fourth-order valence-electron chi connectivity index (χ4n) is 7.61. The molecule has 0 aliphatic carbocycles. The van der Waals surface area contributed by atoms with Gasteiger partial charge < -0.3 is 34.7 Å². The summed E-state index contributed by atoms with van der Waals surface area (Å²) in [5.74, 6) is 0.628. The number of nitrogens with one attached hydrogen (secondary N) is 4. The largest absolute Gasteiger partial charge is 0.453 e. The Hall–Kier alpha value is -4.86. The fraction of sp³-hybridized carbons (Fsp3) is 0.463. The standard InChI is InChI=1S/C41H51ClN8O6S/c1-23(2)30(21-55-56-22-43)39(51)49-17-7-8-32(49)38-46-35(36(42)48-38)28-15-11-26(12-16-28)25-9-13-27(14-10-25)31-19-44-37(45-31)33-18-29(57-6)20-50(33)40(52)34(24(3)4)47-41(53)54-5/h9-16,19,22-24,29-30,32-34,43H,7-8,17-18,20-21H2,1-6H3,(H,44,45)(H,46,48)(H,47,53)/t29-,30-,32-,33-,34-/m0/s1. The summed E-state index contributed by atoms with van der Waals surface area (Å²) in [6.45, 7) is 8.96. The number of nitrogens with zero attached hydrogens (tertiary/aromatic N) is 4. The number of halogens is 1. The second kappa shape index (κ2) is 18.6. The lowest BCUT2D eigenvalue weighted by atomic mass is 9.95. The molecule has 4 N–H and O–H groups in total. The number of amides is 3. The molecule has 2 aromatic carbocycles. The average Bonchev–Trinajstić information content (AvgIpc) is 4.04. The van der Waals surface area contributed by atoms with Crippen molar-refractivity contribution in [3.63, 3.8) is 0 Å². The van der Waals surface area contributed by atoms with Crippen LogP contribution in [0, 0.1) is 23.2 Å². The Morgan fingerprint density at radius 3 is 2.23 bits per heavy atom. The van der Waals surface area contributed by atoms with Crippen molar-refractivity contribution in [1.82, 2.24) is 35.1 Å². The maximum atomic E-state index is 13.8. The summed E-state index contributed by atoms with van der Waals surface area (Å²) in [5.41, 5.74) is 5.33. The van der Waals surface area contributed by atoms with Gasteiger partial charge in [0.05, 0.1) is 37.0 Å². The molecule has 304 valence electrons. The predicted octanol–water partition coefficient (Wildman–Crippen LogP) is 7.66. The smallest absolute Gasteiger partial charge is 0.407 e. The maximum absolute atomic E-state index is 13.8. The van der Waals surface area contributed by atoms with Gasteiger partial charge >= 0.3 is 6.09 Å². The molecule has 0 saturated carbocycles. The quantitative estimate of drug-likeness (QED) is 0.0308. The normalized spacial score (nSPS) is 19.2. The van der Waals surface area contributed by atoms with E-state index < -0.39 is 18.1 Å². The van der Waals surface area contributed by atoms with E-state index in [4.69, 9.17) is 36.6 Å². The van der Waals surface area contributed by atoms with Crippen LogP contribution in [0.15, 0.2) is 54.7 Å². The van der Waals surface area contributed by atoms with Gasteiger partial charge in [-0.2, -0.15) is 16.6 Å². The number of aromatic nitrogens is 4. The number of methoxy groups -OCH3 is 1. The number of thioether (sulfide) groups is 1. The topological polar surface area (TPSA) is 179 Å². The molecule has 0 unspecified atom stereocenters. The first-order chi connectivity index (χ1) is 27.4. The molecule has 3 amide bonds. The summed E-state index contributed by atoms with van der Waals surface area (Å²) < 4.78 is 4.79. The molecular formula is C41H51ClN8O6S. The number of carbonyl (C=O) groups excluding carboxylic acids is 3. The number of hydrogen-bond acceptors (Lipinski definition) is 10. The number of aromatic amines is 2. The van der Waals surface area contributed by atoms with Crippen molar-refractivity contribution >= 4 is 47.7 Å². The first kappa shape index (κ1) is 41.8. The SMILES string of the molecule is COC(=O)N[C@H](C(=O)N1C[C@@H](SC)C[C@H]1c1ncc(-c2ccc(-c3ccc(-c4nc([C@@H]5CCCN5C(=O)[C@@H](COOC=N)C(C)C)[nH]c4Cl)cc3)cc2)[nH]1)C(C)C. The number of likely N-dealkylation sites (tertiary alicyclic amines) is 2.